The molecule has 1 aliphatic heterocycles. The second-order valence-corrected chi connectivity index (χ2v) is 24.8. The van der Waals surface area contributed by atoms with Crippen molar-refractivity contribution < 1.29 is 18.1 Å². The molecule has 3 heterocycles. The van der Waals surface area contributed by atoms with E-state index in [-0.39, 0.29) is 18.3 Å². The first-order valence-electron chi connectivity index (χ1n) is 30.8. The van der Waals surface area contributed by atoms with Gasteiger partial charge < -0.3 is 18.1 Å². The zero-order valence-electron chi connectivity index (χ0n) is 52.3. The van der Waals surface area contributed by atoms with Gasteiger partial charge in [0, 0.05) is 38.4 Å². The Bertz CT molecular complexity index is 5160. The summed E-state index contributed by atoms with van der Waals surface area (Å²) in [6.07, 6.45) is 0. The molecule has 0 amide bonds. The number of hydrogen-bond donors (Lipinski definition) is 0. The molecule has 0 bridgehead atoms. The highest BCUT2D eigenvalue weighted by Gasteiger charge is 2.51. The molecule has 0 atom stereocenters. The maximum atomic E-state index is 9.09. The summed E-state index contributed by atoms with van der Waals surface area (Å²) in [4.78, 5) is 16.6. The summed E-state index contributed by atoms with van der Waals surface area (Å²) in [6, 6.07) is 94.2. The van der Waals surface area contributed by atoms with Crippen molar-refractivity contribution in [3.05, 3.63) is 317 Å². The highest BCUT2D eigenvalue weighted by molar-refractivity contribution is 6.62. The van der Waals surface area contributed by atoms with Crippen LogP contribution in [-0.2, 0) is 9.31 Å². The van der Waals surface area contributed by atoms with Gasteiger partial charge in [-0.25, -0.2) is 19.7 Å². The van der Waals surface area contributed by atoms with E-state index in [1.54, 1.807) is 6.07 Å². The molecule has 14 aromatic rings. The van der Waals surface area contributed by atoms with Crippen LogP contribution in [0.15, 0.2) is 288 Å². The highest BCUT2D eigenvalue weighted by atomic mass is 35.5. The smallest absolute Gasteiger partial charge is 0.436 e. The van der Waals surface area contributed by atoms with Crippen LogP contribution in [0.2, 0.25) is 10.0 Å². The molecule has 9 nitrogen and oxygen atoms in total. The number of aromatic nitrogens is 2. The summed E-state index contributed by atoms with van der Waals surface area (Å²) < 4.78 is 24.5. The van der Waals surface area contributed by atoms with Crippen molar-refractivity contribution >= 4 is 69.4 Å². The summed E-state index contributed by atoms with van der Waals surface area (Å²) in [6.45, 7) is 22.4. The third-order valence-electron chi connectivity index (χ3n) is 17.2. The molecule has 0 saturated carbocycles. The number of nitrogens with zero attached hydrogens (tertiary/aromatic N) is 5. The van der Waals surface area contributed by atoms with Crippen molar-refractivity contribution in [2.24, 2.45) is 0 Å². The molecule has 0 N–H and O–H groups in total. The quantitative estimate of drug-likeness (QED) is 0.0992. The first-order chi connectivity index (χ1) is 46.2. The molecule has 456 valence electrons. The second kappa shape index (κ2) is 27.1. The third kappa shape index (κ3) is 13.7. The molecule has 12 aromatic carbocycles. The third-order valence-corrected chi connectivity index (χ3v) is 17.7. The van der Waals surface area contributed by atoms with E-state index in [0.717, 1.165) is 111 Å². The van der Waals surface area contributed by atoms with E-state index < -0.39 is 0 Å². The minimum atomic E-state index is -0.335. The van der Waals surface area contributed by atoms with Crippen LogP contribution in [0.5, 0.6) is 0 Å². The van der Waals surface area contributed by atoms with Crippen LogP contribution in [-0.4, -0.2) is 28.3 Å². The first kappa shape index (κ1) is 62.4. The minimum absolute atomic E-state index is 0.327. The number of oxazole rings is 2. The van der Waals surface area contributed by atoms with Crippen molar-refractivity contribution in [2.45, 2.75) is 38.9 Å². The molecule has 1 fully saturated rings. The van der Waals surface area contributed by atoms with E-state index in [4.69, 9.17) is 64.7 Å². The van der Waals surface area contributed by atoms with Crippen LogP contribution < -0.4 is 5.46 Å². The van der Waals surface area contributed by atoms with Gasteiger partial charge in [0.1, 0.15) is 11.0 Å². The standard InChI is InChI=1S/C45H27N3O.C19H20BNO2.C19H11Cl2NO/c1-47-41-25-23-36(24-26-41)34-15-17-37(18-16-34)40-27-42(38-5-3-2-4-6-38)44-43(28-40)49-45(48-44)39-21-19-35(20-22-39)33-13-11-32(12-14-33)31-9-7-30(29-46)8-10-31;1-18(2)19(3,4)23-20(22-18)16-10-6-14(7-11-16)15-8-12-17(21-5)13-9-15;20-14-8-6-13(7-9-14)19-22-18-16(12-4-2-1-3-5-12)10-15(21)11-17(18)23-19/h2-28H;6-13H,1-4H3;1-11H. The van der Waals surface area contributed by atoms with Crippen molar-refractivity contribution in [2.75, 3.05) is 0 Å². The van der Waals surface area contributed by atoms with Gasteiger partial charge in [-0.1, -0.05) is 229 Å². The van der Waals surface area contributed by atoms with Gasteiger partial charge in [0.05, 0.1) is 36.0 Å². The van der Waals surface area contributed by atoms with E-state index in [1.807, 2.05) is 164 Å². The fourth-order valence-electron chi connectivity index (χ4n) is 11.2. The average Bonchev–Trinajstić information content (AvgIpc) is 1.66. The normalized spacial score (nSPS) is 12.8. The summed E-state index contributed by atoms with van der Waals surface area (Å²) >= 11 is 12.2. The number of nitriles is 1. The Morgan fingerprint density at radius 1 is 0.368 bits per heavy atom. The zero-order chi connectivity index (χ0) is 65.6. The fraction of sp³-hybridized carbons (Fsp3) is 0.0723. The highest BCUT2D eigenvalue weighted by Crippen LogP contribution is 2.40. The lowest BCUT2D eigenvalue weighted by Gasteiger charge is -2.32. The SMILES string of the molecule is Clc1ccc(-c2nc3c(-c4ccccc4)cc(Cl)cc3o2)cc1.[C-]#[N+]c1ccc(-c2ccc(-c3cc(-c4ccccc4)c4nc(-c5ccc(-c6ccc(-c7ccc(C#N)cc7)cc6)cc5)oc4c3)cc2)cc1.[C-]#[N+]c1ccc(-c2ccc(B3OC(C)(C)C(C)(C)O3)cc2)cc1. The number of benzene rings is 12. The Hall–Kier alpha value is -11.4. The molecule has 1 aliphatic rings. The molecular weight excluding hydrogens is 1210 g/mol. The lowest BCUT2D eigenvalue weighted by Crippen LogP contribution is -2.41. The van der Waals surface area contributed by atoms with Crippen LogP contribution in [0.3, 0.4) is 0 Å². The van der Waals surface area contributed by atoms with Gasteiger partial charge in [-0.2, -0.15) is 5.26 Å². The van der Waals surface area contributed by atoms with Gasteiger partial charge >= 0.3 is 7.12 Å². The lowest BCUT2D eigenvalue weighted by atomic mass is 9.78. The van der Waals surface area contributed by atoms with Crippen LogP contribution >= 0.6 is 23.2 Å². The average molecular weight is 1270 g/mol. The first-order valence-corrected chi connectivity index (χ1v) is 31.6. The van der Waals surface area contributed by atoms with Crippen molar-refractivity contribution in [3.63, 3.8) is 0 Å². The monoisotopic (exact) mass is 1270 g/mol. The van der Waals surface area contributed by atoms with Crippen LogP contribution in [0.25, 0.3) is 133 Å². The van der Waals surface area contributed by atoms with E-state index >= 15 is 0 Å². The summed E-state index contributed by atoms with van der Waals surface area (Å²) in [7, 11) is -0.335. The predicted molar refractivity (Wildman–Crippen MR) is 386 cm³/mol. The van der Waals surface area contributed by atoms with E-state index in [0.29, 0.717) is 44.3 Å². The Kier molecular flexibility index (Phi) is 17.8. The Morgan fingerprint density at radius 2 is 0.705 bits per heavy atom. The molecule has 0 spiro atoms. The molecule has 95 heavy (non-hydrogen) atoms. The van der Waals surface area contributed by atoms with E-state index in [2.05, 4.69) is 158 Å². The summed E-state index contributed by atoms with van der Waals surface area (Å²) in [5.74, 6) is 1.13. The topological polar surface area (TPSA) is 103 Å². The van der Waals surface area contributed by atoms with Crippen molar-refractivity contribution in [1.29, 1.82) is 5.26 Å². The largest absolute Gasteiger partial charge is 0.494 e. The molecule has 15 rings (SSSR count). The molecule has 0 aliphatic carbocycles. The van der Waals surface area contributed by atoms with Gasteiger partial charge in [-0.3, -0.25) is 0 Å². The molecule has 0 radical (unpaired) electrons. The second-order valence-electron chi connectivity index (χ2n) is 23.9. The molecular formula is C83H58BCl2N5O4. The minimum Gasteiger partial charge on any atom is -0.436 e. The lowest BCUT2D eigenvalue weighted by molar-refractivity contribution is 0.00578. The predicted octanol–water partition coefficient (Wildman–Crippen LogP) is 22.9. The number of rotatable bonds is 10. The van der Waals surface area contributed by atoms with E-state index in [1.165, 1.54) is 0 Å². The zero-order valence-corrected chi connectivity index (χ0v) is 53.8. The van der Waals surface area contributed by atoms with Gasteiger partial charge in [-0.05, 0) is 167 Å². The van der Waals surface area contributed by atoms with Gasteiger partial charge in [0.25, 0.3) is 0 Å². The van der Waals surface area contributed by atoms with Gasteiger partial charge in [0.15, 0.2) is 22.5 Å². The van der Waals surface area contributed by atoms with Crippen LogP contribution in [0, 0.1) is 24.5 Å². The van der Waals surface area contributed by atoms with Crippen LogP contribution in [0.1, 0.15) is 33.3 Å². The maximum absolute atomic E-state index is 9.09. The van der Waals surface area contributed by atoms with Crippen molar-refractivity contribution in [1.82, 2.24) is 9.97 Å². The van der Waals surface area contributed by atoms with E-state index in [9.17, 15) is 0 Å². The molecule has 0 unspecified atom stereocenters. The van der Waals surface area contributed by atoms with Gasteiger partial charge in [-0.15, -0.1) is 0 Å². The molecule has 2 aromatic heterocycles. The van der Waals surface area contributed by atoms with Crippen molar-refractivity contribution in [3.8, 4) is 107 Å². The molecule has 12 heteroatoms. The number of fused-ring (bicyclic) bond motifs is 2. The molecule has 1 saturated heterocycles. The Labute approximate surface area is 562 Å². The maximum Gasteiger partial charge on any atom is 0.494 e. The Balaban J connectivity index is 0.000000147. The van der Waals surface area contributed by atoms with Crippen LogP contribution in [0.4, 0.5) is 11.4 Å². The number of halogens is 2. The summed E-state index contributed by atoms with van der Waals surface area (Å²) in [5, 5.41) is 10.4. The number of hydrogen-bond acceptors (Lipinski definition) is 7. The van der Waals surface area contributed by atoms with Gasteiger partial charge in [0.2, 0.25) is 11.8 Å². The fourth-order valence-corrected chi connectivity index (χ4v) is 11.6. The Morgan fingerprint density at radius 3 is 1.11 bits per heavy atom. The summed E-state index contributed by atoms with van der Waals surface area (Å²) in [5.41, 5.74) is 22.1.